The van der Waals surface area contributed by atoms with Gasteiger partial charge >= 0.3 is 0 Å². The molecule has 1 aliphatic rings. The summed E-state index contributed by atoms with van der Waals surface area (Å²) in [6, 6.07) is 12.9. The molecule has 0 aliphatic carbocycles. The summed E-state index contributed by atoms with van der Waals surface area (Å²) in [5.41, 5.74) is 3.03. The molecule has 1 N–H and O–H groups in total. The molecule has 0 fully saturated rings. The predicted molar refractivity (Wildman–Crippen MR) is 123 cm³/mol. The number of ether oxygens (including phenoxy) is 2. The first kappa shape index (κ1) is 23.4. The number of nitrogens with zero attached hydrogens (tertiary/aromatic N) is 1. The van der Waals surface area contributed by atoms with Gasteiger partial charge in [-0.25, -0.2) is 0 Å². The number of benzene rings is 2. The lowest BCUT2D eigenvalue weighted by Crippen LogP contribution is -2.33. The number of hydrogen-bond acceptors (Lipinski definition) is 5. The van der Waals surface area contributed by atoms with Crippen LogP contribution in [0, 0.1) is 0 Å². The van der Waals surface area contributed by atoms with Crippen LogP contribution in [-0.4, -0.2) is 42.5 Å². The zero-order valence-corrected chi connectivity index (χ0v) is 19.6. The lowest BCUT2D eigenvalue weighted by Gasteiger charge is -2.27. The van der Waals surface area contributed by atoms with E-state index in [-0.39, 0.29) is 16.8 Å². The van der Waals surface area contributed by atoms with Crippen LogP contribution in [0.5, 0.6) is 11.5 Å². The topological polar surface area (TPSA) is 76.1 Å². The Balaban J connectivity index is 1.92. The van der Waals surface area contributed by atoms with Gasteiger partial charge in [-0.2, -0.15) is 0 Å². The molecule has 1 amide bonds. The van der Waals surface area contributed by atoms with E-state index in [9.17, 15) is 14.7 Å². The Labute approximate surface area is 189 Å². The molecule has 1 aliphatic heterocycles. The molecule has 0 aromatic heterocycles. The summed E-state index contributed by atoms with van der Waals surface area (Å²) in [6.07, 6.45) is 0.529. The molecule has 0 radical (unpaired) electrons. The van der Waals surface area contributed by atoms with Gasteiger partial charge in [0.25, 0.3) is 5.91 Å². The van der Waals surface area contributed by atoms with Gasteiger partial charge in [-0.15, -0.1) is 0 Å². The standard InChI is InChI=1S/C26H31NO5/c1-16(28)22-23(18-8-10-19(11-9-18)26(2,3)4)27(25(30)24(22)29)14-13-17-7-12-20(31-5)21(15-17)32-6/h7-12,15,23,29H,13-14H2,1-6H3/t23-/m0/s1. The van der Waals surface area contributed by atoms with Crippen LogP contribution in [0.15, 0.2) is 53.8 Å². The maximum Gasteiger partial charge on any atom is 0.290 e. The highest BCUT2D eigenvalue weighted by Gasteiger charge is 2.42. The van der Waals surface area contributed by atoms with Crippen molar-refractivity contribution in [3.8, 4) is 11.5 Å². The SMILES string of the molecule is COc1ccc(CCN2C(=O)C(O)=C(C(C)=O)[C@@H]2c2ccc(C(C)(C)C)cc2)cc1OC. The fourth-order valence-corrected chi connectivity index (χ4v) is 4.04. The Morgan fingerprint density at radius 2 is 1.66 bits per heavy atom. The summed E-state index contributed by atoms with van der Waals surface area (Å²) in [7, 11) is 3.15. The summed E-state index contributed by atoms with van der Waals surface area (Å²) >= 11 is 0. The second-order valence-corrected chi connectivity index (χ2v) is 9.03. The average molecular weight is 438 g/mol. The zero-order valence-electron chi connectivity index (χ0n) is 19.6. The van der Waals surface area contributed by atoms with E-state index in [0.29, 0.717) is 24.5 Å². The molecule has 0 spiro atoms. The van der Waals surface area contributed by atoms with E-state index in [1.807, 2.05) is 42.5 Å². The third-order valence-corrected chi connectivity index (χ3v) is 5.86. The maximum atomic E-state index is 12.9. The second kappa shape index (κ2) is 9.07. The number of amides is 1. The quantitative estimate of drug-likeness (QED) is 0.689. The summed E-state index contributed by atoms with van der Waals surface area (Å²) in [5.74, 6) is -0.0643. The normalized spacial score (nSPS) is 16.5. The molecule has 170 valence electrons. The van der Waals surface area contributed by atoms with Crippen molar-refractivity contribution < 1.29 is 24.2 Å². The maximum absolute atomic E-state index is 12.9. The highest BCUT2D eigenvalue weighted by Crippen LogP contribution is 2.38. The number of aliphatic hydroxyl groups excluding tert-OH is 1. The van der Waals surface area contributed by atoms with Gasteiger partial charge in [0, 0.05) is 6.54 Å². The lowest BCUT2D eigenvalue weighted by molar-refractivity contribution is -0.129. The highest BCUT2D eigenvalue weighted by molar-refractivity contribution is 6.08. The minimum absolute atomic E-state index is 0.0154. The third-order valence-electron chi connectivity index (χ3n) is 5.86. The zero-order chi connectivity index (χ0) is 23.6. The molecule has 0 unspecified atom stereocenters. The Morgan fingerprint density at radius 1 is 1.03 bits per heavy atom. The van der Waals surface area contributed by atoms with Gasteiger partial charge < -0.3 is 19.5 Å². The van der Waals surface area contributed by atoms with Crippen molar-refractivity contribution >= 4 is 11.7 Å². The van der Waals surface area contributed by atoms with Crippen molar-refractivity contribution in [1.29, 1.82) is 0 Å². The number of methoxy groups -OCH3 is 2. The van der Waals surface area contributed by atoms with Crippen molar-refractivity contribution in [3.05, 3.63) is 70.5 Å². The van der Waals surface area contributed by atoms with Gasteiger partial charge in [-0.1, -0.05) is 51.1 Å². The van der Waals surface area contributed by atoms with E-state index in [0.717, 1.165) is 16.7 Å². The third kappa shape index (κ3) is 4.49. The predicted octanol–water partition coefficient (Wildman–Crippen LogP) is 4.53. The van der Waals surface area contributed by atoms with Gasteiger partial charge in [-0.05, 0) is 47.6 Å². The Kier molecular flexibility index (Phi) is 6.63. The Morgan fingerprint density at radius 3 is 2.19 bits per heavy atom. The number of carbonyl (C=O) groups is 2. The van der Waals surface area contributed by atoms with Crippen LogP contribution in [-0.2, 0) is 21.4 Å². The van der Waals surface area contributed by atoms with Crippen molar-refractivity contribution in [3.63, 3.8) is 0 Å². The Hall–Kier alpha value is -3.28. The van der Waals surface area contributed by atoms with E-state index >= 15 is 0 Å². The largest absolute Gasteiger partial charge is 0.503 e. The van der Waals surface area contributed by atoms with Gasteiger partial charge in [0.1, 0.15) is 0 Å². The van der Waals surface area contributed by atoms with Gasteiger partial charge in [-0.3, -0.25) is 9.59 Å². The van der Waals surface area contributed by atoms with Crippen LogP contribution in [0.1, 0.15) is 50.4 Å². The average Bonchev–Trinajstić information content (AvgIpc) is 3.01. The molecule has 0 saturated heterocycles. The lowest BCUT2D eigenvalue weighted by atomic mass is 9.85. The van der Waals surface area contributed by atoms with Crippen molar-refractivity contribution in [1.82, 2.24) is 4.90 Å². The first-order valence-electron chi connectivity index (χ1n) is 10.6. The number of Topliss-reactive ketones (excluding diaryl/α,β-unsaturated/α-hetero) is 1. The minimum Gasteiger partial charge on any atom is -0.503 e. The van der Waals surface area contributed by atoms with Gasteiger partial charge in [0.15, 0.2) is 23.0 Å². The number of hydrogen-bond donors (Lipinski definition) is 1. The number of aliphatic hydroxyl groups is 1. The van der Waals surface area contributed by atoms with Crippen LogP contribution in [0.25, 0.3) is 0 Å². The van der Waals surface area contributed by atoms with Crippen molar-refractivity contribution in [2.45, 2.75) is 45.6 Å². The molecule has 0 saturated carbocycles. The smallest absolute Gasteiger partial charge is 0.290 e. The summed E-state index contributed by atoms with van der Waals surface area (Å²) < 4.78 is 10.6. The van der Waals surface area contributed by atoms with E-state index in [2.05, 4.69) is 20.8 Å². The molecular weight excluding hydrogens is 406 g/mol. The molecule has 6 nitrogen and oxygen atoms in total. The highest BCUT2D eigenvalue weighted by atomic mass is 16.5. The number of ketones is 1. The number of rotatable bonds is 7. The summed E-state index contributed by atoms with van der Waals surface area (Å²) in [5, 5.41) is 10.5. The molecule has 6 heteroatoms. The molecule has 1 atom stereocenters. The molecule has 32 heavy (non-hydrogen) atoms. The minimum atomic E-state index is -0.617. The fraction of sp³-hybridized carbons (Fsp3) is 0.385. The van der Waals surface area contributed by atoms with E-state index in [4.69, 9.17) is 9.47 Å². The molecule has 3 rings (SSSR count). The van der Waals surface area contributed by atoms with Crippen LogP contribution in [0.3, 0.4) is 0 Å². The molecule has 1 heterocycles. The van der Waals surface area contributed by atoms with Crippen LogP contribution in [0.4, 0.5) is 0 Å². The summed E-state index contributed by atoms with van der Waals surface area (Å²) in [4.78, 5) is 26.8. The van der Waals surface area contributed by atoms with Gasteiger partial charge in [0.2, 0.25) is 0 Å². The van der Waals surface area contributed by atoms with E-state index in [1.165, 1.54) is 6.92 Å². The number of carbonyl (C=O) groups excluding carboxylic acids is 2. The first-order valence-corrected chi connectivity index (χ1v) is 10.6. The molecule has 2 aromatic carbocycles. The van der Waals surface area contributed by atoms with E-state index in [1.54, 1.807) is 19.1 Å². The molecular formula is C26H31NO5. The van der Waals surface area contributed by atoms with Gasteiger partial charge in [0.05, 0.1) is 25.8 Å². The monoisotopic (exact) mass is 437 g/mol. The van der Waals surface area contributed by atoms with Crippen molar-refractivity contribution in [2.24, 2.45) is 0 Å². The molecule has 0 bridgehead atoms. The summed E-state index contributed by atoms with van der Waals surface area (Å²) in [6.45, 7) is 8.10. The Bertz CT molecular complexity index is 1050. The van der Waals surface area contributed by atoms with Crippen LogP contribution < -0.4 is 9.47 Å². The van der Waals surface area contributed by atoms with E-state index < -0.39 is 17.7 Å². The second-order valence-electron chi connectivity index (χ2n) is 9.03. The van der Waals surface area contributed by atoms with Crippen LogP contribution >= 0.6 is 0 Å². The first-order chi connectivity index (χ1) is 15.1. The molecule has 2 aromatic rings. The fourth-order valence-electron chi connectivity index (χ4n) is 4.04. The van der Waals surface area contributed by atoms with Crippen LogP contribution in [0.2, 0.25) is 0 Å². The van der Waals surface area contributed by atoms with Crippen molar-refractivity contribution in [2.75, 3.05) is 20.8 Å².